The Morgan fingerprint density at radius 3 is 2.82 bits per heavy atom. The second-order valence-corrected chi connectivity index (χ2v) is 6.38. The first-order chi connectivity index (χ1) is 8.08. The standard InChI is InChI=1S/C12H20N2O2S/c1-8(2)5-10-12(16)14(6-11(15)13-10)9-3-4-17-7-9/h8-10H,3-7H2,1-2H3,(H,13,15). The van der Waals surface area contributed by atoms with Gasteiger partial charge in [0.1, 0.15) is 6.04 Å². The van der Waals surface area contributed by atoms with E-state index < -0.39 is 0 Å². The molecule has 2 aliphatic rings. The summed E-state index contributed by atoms with van der Waals surface area (Å²) in [4.78, 5) is 25.7. The second kappa shape index (κ2) is 5.29. The summed E-state index contributed by atoms with van der Waals surface area (Å²) >= 11 is 1.87. The second-order valence-electron chi connectivity index (χ2n) is 5.23. The number of rotatable bonds is 3. The number of carbonyl (C=O) groups is 2. The lowest BCUT2D eigenvalue weighted by Gasteiger charge is -2.36. The van der Waals surface area contributed by atoms with Crippen LogP contribution in [0, 0.1) is 5.92 Å². The molecule has 2 atom stereocenters. The number of nitrogens with zero attached hydrogens (tertiary/aromatic N) is 1. The number of nitrogens with one attached hydrogen (secondary N) is 1. The zero-order valence-electron chi connectivity index (χ0n) is 10.4. The van der Waals surface area contributed by atoms with Crippen molar-refractivity contribution in [2.75, 3.05) is 18.1 Å². The van der Waals surface area contributed by atoms with Gasteiger partial charge in [0.15, 0.2) is 0 Å². The van der Waals surface area contributed by atoms with Gasteiger partial charge in [-0.05, 0) is 24.5 Å². The molecule has 2 fully saturated rings. The predicted molar refractivity (Wildman–Crippen MR) is 68.8 cm³/mol. The number of carbonyl (C=O) groups excluding carboxylic acids is 2. The van der Waals surface area contributed by atoms with E-state index in [9.17, 15) is 9.59 Å². The Balaban J connectivity index is 2.05. The normalized spacial score (nSPS) is 29.9. The first kappa shape index (κ1) is 12.7. The van der Waals surface area contributed by atoms with Gasteiger partial charge < -0.3 is 10.2 Å². The first-order valence-corrected chi connectivity index (χ1v) is 7.41. The fraction of sp³-hybridized carbons (Fsp3) is 0.833. The van der Waals surface area contributed by atoms with E-state index in [4.69, 9.17) is 0 Å². The summed E-state index contributed by atoms with van der Waals surface area (Å²) in [6.45, 7) is 4.40. The molecule has 0 saturated carbocycles. The van der Waals surface area contributed by atoms with Gasteiger partial charge in [0, 0.05) is 11.8 Å². The summed E-state index contributed by atoms with van der Waals surface area (Å²) < 4.78 is 0. The van der Waals surface area contributed by atoms with Crippen LogP contribution in [0.15, 0.2) is 0 Å². The van der Waals surface area contributed by atoms with Crippen LogP contribution in [0.4, 0.5) is 0 Å². The van der Waals surface area contributed by atoms with E-state index in [1.807, 2.05) is 11.8 Å². The average molecular weight is 256 g/mol. The van der Waals surface area contributed by atoms with Gasteiger partial charge in [-0.2, -0.15) is 11.8 Å². The van der Waals surface area contributed by atoms with Crippen LogP contribution in [0.5, 0.6) is 0 Å². The number of amides is 2. The quantitative estimate of drug-likeness (QED) is 0.815. The van der Waals surface area contributed by atoms with Crippen molar-refractivity contribution < 1.29 is 9.59 Å². The van der Waals surface area contributed by atoms with Crippen LogP contribution in [0.2, 0.25) is 0 Å². The molecule has 2 amide bonds. The molecular weight excluding hydrogens is 236 g/mol. The number of piperazine rings is 1. The van der Waals surface area contributed by atoms with Crippen molar-refractivity contribution in [1.82, 2.24) is 10.2 Å². The van der Waals surface area contributed by atoms with E-state index in [-0.39, 0.29) is 30.4 Å². The Morgan fingerprint density at radius 1 is 1.47 bits per heavy atom. The van der Waals surface area contributed by atoms with E-state index in [0.717, 1.165) is 24.3 Å². The summed E-state index contributed by atoms with van der Waals surface area (Å²) in [5.41, 5.74) is 0. The molecule has 0 radical (unpaired) electrons. The summed E-state index contributed by atoms with van der Waals surface area (Å²) in [6, 6.07) is -0.0323. The molecule has 2 saturated heterocycles. The van der Waals surface area contributed by atoms with Gasteiger partial charge in [-0.15, -0.1) is 0 Å². The minimum absolute atomic E-state index is 0.00727. The fourth-order valence-electron chi connectivity index (χ4n) is 2.44. The maximum absolute atomic E-state index is 12.3. The third-order valence-electron chi connectivity index (χ3n) is 3.28. The van der Waals surface area contributed by atoms with Crippen LogP contribution in [-0.4, -0.2) is 46.8 Å². The summed E-state index contributed by atoms with van der Waals surface area (Å²) in [6.07, 6.45) is 1.76. The van der Waals surface area contributed by atoms with E-state index in [2.05, 4.69) is 19.2 Å². The topological polar surface area (TPSA) is 49.4 Å². The lowest BCUT2D eigenvalue weighted by molar-refractivity contribution is -0.146. The van der Waals surface area contributed by atoms with E-state index in [0.29, 0.717) is 5.92 Å². The van der Waals surface area contributed by atoms with Crippen molar-refractivity contribution >= 4 is 23.6 Å². The number of hydrogen-bond acceptors (Lipinski definition) is 3. The van der Waals surface area contributed by atoms with Crippen molar-refractivity contribution in [3.8, 4) is 0 Å². The molecule has 17 heavy (non-hydrogen) atoms. The Morgan fingerprint density at radius 2 is 2.24 bits per heavy atom. The fourth-order valence-corrected chi connectivity index (χ4v) is 3.67. The van der Waals surface area contributed by atoms with Crippen molar-refractivity contribution in [3.05, 3.63) is 0 Å². The zero-order chi connectivity index (χ0) is 12.4. The Bertz CT molecular complexity index is 314. The number of hydrogen-bond donors (Lipinski definition) is 1. The highest BCUT2D eigenvalue weighted by Gasteiger charge is 2.37. The van der Waals surface area contributed by atoms with Gasteiger partial charge in [0.2, 0.25) is 11.8 Å². The highest BCUT2D eigenvalue weighted by Crippen LogP contribution is 2.24. The van der Waals surface area contributed by atoms with Crippen LogP contribution >= 0.6 is 11.8 Å². The van der Waals surface area contributed by atoms with Crippen LogP contribution in [0.3, 0.4) is 0 Å². The van der Waals surface area contributed by atoms with Gasteiger partial charge in [-0.3, -0.25) is 9.59 Å². The molecule has 2 aliphatic heterocycles. The molecule has 2 rings (SSSR count). The molecule has 0 aliphatic carbocycles. The molecule has 0 aromatic carbocycles. The maximum Gasteiger partial charge on any atom is 0.245 e. The van der Waals surface area contributed by atoms with Gasteiger partial charge in [0.05, 0.1) is 6.54 Å². The van der Waals surface area contributed by atoms with Crippen LogP contribution in [0.25, 0.3) is 0 Å². The lowest BCUT2D eigenvalue weighted by atomic mass is 10.00. The van der Waals surface area contributed by atoms with Crippen LogP contribution in [-0.2, 0) is 9.59 Å². The summed E-state index contributed by atoms with van der Waals surface area (Å²) in [5, 5.41) is 2.81. The Kier molecular flexibility index (Phi) is 3.97. The molecule has 5 heteroatoms. The van der Waals surface area contributed by atoms with E-state index >= 15 is 0 Å². The SMILES string of the molecule is CC(C)CC1NC(=O)CN(C2CCSC2)C1=O. The lowest BCUT2D eigenvalue weighted by Crippen LogP contribution is -2.60. The summed E-state index contributed by atoms with van der Waals surface area (Å²) in [7, 11) is 0. The van der Waals surface area contributed by atoms with Gasteiger partial charge >= 0.3 is 0 Å². The largest absolute Gasteiger partial charge is 0.343 e. The van der Waals surface area contributed by atoms with Crippen molar-refractivity contribution in [3.63, 3.8) is 0 Å². The molecule has 0 spiro atoms. The molecule has 0 bridgehead atoms. The van der Waals surface area contributed by atoms with Crippen LogP contribution in [0.1, 0.15) is 26.7 Å². The van der Waals surface area contributed by atoms with Gasteiger partial charge in [-0.1, -0.05) is 13.8 Å². The molecular formula is C12H20N2O2S. The van der Waals surface area contributed by atoms with Gasteiger partial charge in [0.25, 0.3) is 0 Å². The molecule has 2 unspecified atom stereocenters. The minimum Gasteiger partial charge on any atom is -0.343 e. The van der Waals surface area contributed by atoms with Crippen molar-refractivity contribution in [2.24, 2.45) is 5.92 Å². The third-order valence-corrected chi connectivity index (χ3v) is 4.43. The molecule has 1 N–H and O–H groups in total. The predicted octanol–water partition coefficient (Wildman–Crippen LogP) is 0.865. The molecule has 4 nitrogen and oxygen atoms in total. The van der Waals surface area contributed by atoms with E-state index in [1.165, 1.54) is 0 Å². The van der Waals surface area contributed by atoms with Crippen molar-refractivity contribution in [2.45, 2.75) is 38.8 Å². The Hall–Kier alpha value is -0.710. The van der Waals surface area contributed by atoms with Crippen LogP contribution < -0.4 is 5.32 Å². The van der Waals surface area contributed by atoms with Crippen molar-refractivity contribution in [1.29, 1.82) is 0 Å². The highest BCUT2D eigenvalue weighted by molar-refractivity contribution is 7.99. The molecule has 2 heterocycles. The maximum atomic E-state index is 12.3. The molecule has 96 valence electrons. The first-order valence-electron chi connectivity index (χ1n) is 6.25. The third kappa shape index (κ3) is 2.94. The average Bonchev–Trinajstić information content (AvgIpc) is 2.75. The highest BCUT2D eigenvalue weighted by atomic mass is 32.2. The zero-order valence-corrected chi connectivity index (χ0v) is 11.3. The summed E-state index contributed by atoms with van der Waals surface area (Å²) in [5.74, 6) is 2.61. The Labute approximate surface area is 106 Å². The molecule has 0 aromatic rings. The number of thioether (sulfide) groups is 1. The molecule has 0 aromatic heterocycles. The van der Waals surface area contributed by atoms with Gasteiger partial charge in [-0.25, -0.2) is 0 Å². The smallest absolute Gasteiger partial charge is 0.245 e. The monoisotopic (exact) mass is 256 g/mol. The van der Waals surface area contributed by atoms with E-state index in [1.54, 1.807) is 4.90 Å². The minimum atomic E-state index is -0.304.